The fourth-order valence-electron chi connectivity index (χ4n) is 4.32. The predicted octanol–water partition coefficient (Wildman–Crippen LogP) is 3.30. The smallest absolute Gasteiger partial charge is 0.271 e. The molecular weight excluding hydrogens is 512 g/mol. The van der Waals surface area contributed by atoms with Crippen LogP contribution in [-0.2, 0) is 16.6 Å². The molecule has 3 aromatic rings. The molecule has 0 saturated heterocycles. The number of aliphatic hydroxyl groups excluding tert-OH is 1. The molecule has 3 heterocycles. The van der Waals surface area contributed by atoms with Crippen molar-refractivity contribution < 1.29 is 23.1 Å². The Morgan fingerprint density at radius 1 is 1.24 bits per heavy atom. The number of aromatic nitrogens is 1. The highest BCUT2D eigenvalue weighted by molar-refractivity contribution is 7.94. The number of hydrogen-bond donors (Lipinski definition) is 2. The Morgan fingerprint density at radius 2 is 2.00 bits per heavy atom. The molecule has 37 heavy (non-hydrogen) atoms. The van der Waals surface area contributed by atoms with Crippen LogP contribution in [0, 0.1) is 5.92 Å². The Kier molecular flexibility index (Phi) is 8.48. The number of benzene rings is 1. The van der Waals surface area contributed by atoms with E-state index in [1.54, 1.807) is 53.9 Å². The number of carbonyl (C=O) groups is 1. The van der Waals surface area contributed by atoms with E-state index in [0.717, 1.165) is 16.9 Å². The first kappa shape index (κ1) is 27.1. The third kappa shape index (κ3) is 6.30. The molecule has 1 aliphatic heterocycles. The first-order valence-corrected chi connectivity index (χ1v) is 14.4. The summed E-state index contributed by atoms with van der Waals surface area (Å²) in [5, 5.41) is 11.5. The first-order chi connectivity index (χ1) is 17.7. The second-order valence-corrected chi connectivity index (χ2v) is 12.3. The highest BCUT2D eigenvalue weighted by Gasteiger charge is 2.35. The van der Waals surface area contributed by atoms with E-state index in [2.05, 4.69) is 14.6 Å². The molecule has 198 valence electrons. The van der Waals surface area contributed by atoms with Gasteiger partial charge in [0.15, 0.2) is 5.75 Å². The maximum atomic E-state index is 13.6. The number of nitrogens with zero attached hydrogens (tertiary/aromatic N) is 3. The lowest BCUT2D eigenvalue weighted by molar-refractivity contribution is 0.0344. The fraction of sp³-hybridized carbons (Fsp3) is 0.385. The van der Waals surface area contributed by atoms with Crippen LogP contribution in [0.5, 0.6) is 5.75 Å². The van der Waals surface area contributed by atoms with Crippen molar-refractivity contribution in [3.05, 3.63) is 71.4 Å². The second kappa shape index (κ2) is 11.6. The van der Waals surface area contributed by atoms with Crippen LogP contribution >= 0.6 is 11.3 Å². The van der Waals surface area contributed by atoms with Crippen molar-refractivity contribution in [2.24, 2.45) is 5.92 Å². The predicted molar refractivity (Wildman–Crippen MR) is 143 cm³/mol. The number of thiophene rings is 1. The van der Waals surface area contributed by atoms with E-state index in [9.17, 15) is 18.3 Å². The Labute approximate surface area is 221 Å². The Morgan fingerprint density at radius 3 is 2.68 bits per heavy atom. The van der Waals surface area contributed by atoms with Crippen LogP contribution in [-0.4, -0.2) is 73.1 Å². The van der Waals surface area contributed by atoms with E-state index in [0.29, 0.717) is 19.6 Å². The quantitative estimate of drug-likeness (QED) is 0.425. The minimum Gasteiger partial charge on any atom is -0.486 e. The molecule has 11 heteroatoms. The van der Waals surface area contributed by atoms with Gasteiger partial charge < -0.3 is 14.7 Å². The summed E-state index contributed by atoms with van der Waals surface area (Å²) < 4.78 is 35.3. The van der Waals surface area contributed by atoms with E-state index in [4.69, 9.17) is 4.74 Å². The number of para-hydroxylation sites is 1. The maximum absolute atomic E-state index is 13.6. The van der Waals surface area contributed by atoms with Gasteiger partial charge in [-0.15, -0.1) is 11.3 Å². The van der Waals surface area contributed by atoms with Gasteiger partial charge in [-0.2, -0.15) is 0 Å². The van der Waals surface area contributed by atoms with Crippen LogP contribution in [0.2, 0.25) is 0 Å². The summed E-state index contributed by atoms with van der Waals surface area (Å²) >= 11 is 1.11. The van der Waals surface area contributed by atoms with Gasteiger partial charge in [0.25, 0.3) is 15.9 Å². The highest BCUT2D eigenvalue weighted by atomic mass is 32.2. The molecule has 4 rings (SSSR count). The van der Waals surface area contributed by atoms with Crippen molar-refractivity contribution in [1.82, 2.24) is 14.8 Å². The molecule has 1 amide bonds. The zero-order valence-electron chi connectivity index (χ0n) is 21.1. The third-order valence-corrected chi connectivity index (χ3v) is 9.15. The number of pyridine rings is 1. The number of anilines is 1. The molecular formula is C26H32N4O5S2. The number of likely N-dealkylation sites (N-methyl/N-ethyl adjacent to an activating group) is 1. The molecule has 2 aromatic heterocycles. The topological polar surface area (TPSA) is 112 Å². The number of ether oxygens (including phenoxy) is 1. The summed E-state index contributed by atoms with van der Waals surface area (Å²) in [4.78, 5) is 21.4. The molecule has 0 aliphatic carbocycles. The second-order valence-electron chi connectivity index (χ2n) is 9.39. The van der Waals surface area contributed by atoms with Gasteiger partial charge in [0.05, 0.1) is 23.9 Å². The van der Waals surface area contributed by atoms with E-state index < -0.39 is 16.1 Å². The Hall–Kier alpha value is -2.99. The minimum absolute atomic E-state index is 0.104. The molecule has 1 aliphatic rings. The van der Waals surface area contributed by atoms with E-state index in [1.807, 2.05) is 26.1 Å². The summed E-state index contributed by atoms with van der Waals surface area (Å²) in [6.07, 6.45) is 3.14. The van der Waals surface area contributed by atoms with Crippen molar-refractivity contribution in [1.29, 1.82) is 0 Å². The van der Waals surface area contributed by atoms with E-state index in [1.165, 1.54) is 6.07 Å². The lowest BCUT2D eigenvalue weighted by Crippen LogP contribution is -2.49. The SMILES string of the molecule is C[C@@H]1CN([C@@H](C)CO)C(=O)c2cccc(NS(=O)(=O)c3cccs3)c2O[C@H]1CN(C)Cc1ccncc1. The highest BCUT2D eigenvalue weighted by Crippen LogP contribution is 2.36. The number of nitrogens with one attached hydrogen (secondary N) is 1. The van der Waals surface area contributed by atoms with Crippen LogP contribution in [0.4, 0.5) is 5.69 Å². The molecule has 3 atom stereocenters. The van der Waals surface area contributed by atoms with Crippen LogP contribution in [0.25, 0.3) is 0 Å². The van der Waals surface area contributed by atoms with Crippen molar-refractivity contribution in [3.8, 4) is 5.75 Å². The molecule has 2 N–H and O–H groups in total. The average molecular weight is 545 g/mol. The van der Waals surface area contributed by atoms with Gasteiger partial charge >= 0.3 is 0 Å². The zero-order valence-corrected chi connectivity index (χ0v) is 22.7. The number of amides is 1. The maximum Gasteiger partial charge on any atom is 0.271 e. The van der Waals surface area contributed by atoms with Crippen molar-refractivity contribution >= 4 is 33.0 Å². The number of carbonyl (C=O) groups excluding carboxylic acids is 1. The van der Waals surface area contributed by atoms with Crippen molar-refractivity contribution in [3.63, 3.8) is 0 Å². The third-order valence-electron chi connectivity index (χ3n) is 6.39. The summed E-state index contributed by atoms with van der Waals surface area (Å²) in [6, 6.07) is 11.5. The Bertz CT molecular complexity index is 1300. The number of hydrogen-bond acceptors (Lipinski definition) is 8. The normalized spacial score (nSPS) is 19.1. The van der Waals surface area contributed by atoms with Gasteiger partial charge in [0, 0.05) is 37.9 Å². The molecule has 9 nitrogen and oxygen atoms in total. The number of sulfonamides is 1. The van der Waals surface area contributed by atoms with Crippen molar-refractivity contribution in [2.45, 2.75) is 36.7 Å². The summed E-state index contributed by atoms with van der Waals surface area (Å²) in [6.45, 7) is 5.19. The molecule has 0 spiro atoms. The van der Waals surface area contributed by atoms with Gasteiger partial charge in [-0.1, -0.05) is 19.1 Å². The lowest BCUT2D eigenvalue weighted by atomic mass is 9.99. The summed E-state index contributed by atoms with van der Waals surface area (Å²) in [5.41, 5.74) is 1.55. The standard InChI is InChI=1S/C26H32N4O5S2/c1-18-14-30(19(2)17-31)26(32)21-6-4-7-22(28-37(33,34)24-8-5-13-36-24)25(21)35-23(18)16-29(3)15-20-9-11-27-12-10-20/h4-13,18-19,23,28,31H,14-17H2,1-3H3/t18-,19+,23+/m1/s1. The van der Waals surface area contributed by atoms with Crippen LogP contribution in [0.15, 0.2) is 64.4 Å². The molecule has 0 unspecified atom stereocenters. The van der Waals surface area contributed by atoms with Gasteiger partial charge in [-0.25, -0.2) is 8.42 Å². The largest absolute Gasteiger partial charge is 0.486 e. The van der Waals surface area contributed by atoms with Crippen LogP contribution in [0.3, 0.4) is 0 Å². The lowest BCUT2D eigenvalue weighted by Gasteiger charge is -2.38. The Balaban J connectivity index is 1.70. The van der Waals surface area contributed by atoms with Crippen molar-refractivity contribution in [2.75, 3.05) is 31.5 Å². The monoisotopic (exact) mass is 544 g/mol. The number of rotatable bonds is 9. The molecule has 0 radical (unpaired) electrons. The molecule has 0 saturated carbocycles. The number of fused-ring (bicyclic) bond motifs is 1. The average Bonchev–Trinajstić information content (AvgIpc) is 3.43. The molecule has 1 aromatic carbocycles. The van der Waals surface area contributed by atoms with Crippen LogP contribution < -0.4 is 9.46 Å². The summed E-state index contributed by atoms with van der Waals surface area (Å²) in [5.74, 6) is -0.228. The first-order valence-electron chi connectivity index (χ1n) is 12.0. The van der Waals surface area contributed by atoms with E-state index in [-0.39, 0.29) is 45.7 Å². The minimum atomic E-state index is -3.86. The van der Waals surface area contributed by atoms with E-state index >= 15 is 0 Å². The zero-order chi connectivity index (χ0) is 26.6. The summed E-state index contributed by atoms with van der Waals surface area (Å²) in [7, 11) is -1.88. The number of aliphatic hydroxyl groups is 1. The molecule has 0 fully saturated rings. The van der Waals surface area contributed by atoms with Gasteiger partial charge in [-0.3, -0.25) is 19.4 Å². The van der Waals surface area contributed by atoms with Gasteiger partial charge in [0.2, 0.25) is 0 Å². The molecule has 0 bridgehead atoms. The fourth-order valence-corrected chi connectivity index (χ4v) is 6.38. The van der Waals surface area contributed by atoms with Gasteiger partial charge in [-0.05, 0) is 55.2 Å². The van der Waals surface area contributed by atoms with Crippen LogP contribution in [0.1, 0.15) is 29.8 Å². The van der Waals surface area contributed by atoms with Gasteiger partial charge in [0.1, 0.15) is 10.3 Å².